The van der Waals surface area contributed by atoms with Gasteiger partial charge in [0.15, 0.2) is 5.82 Å². The van der Waals surface area contributed by atoms with Gasteiger partial charge in [0.1, 0.15) is 11.2 Å². The molecule has 84 heavy (non-hydrogen) atoms. The van der Waals surface area contributed by atoms with Crippen LogP contribution in [0.2, 0.25) is 0 Å². The maximum atomic E-state index is 6.42. The number of aryl methyl sites for hydroxylation is 6. The van der Waals surface area contributed by atoms with Crippen LogP contribution in [0.5, 0.6) is 0 Å². The molecule has 0 fully saturated rings. The molecule has 10 aromatic rings. The molecule has 0 aliphatic rings. The summed E-state index contributed by atoms with van der Waals surface area (Å²) in [6, 6.07) is 51.3. The van der Waals surface area contributed by atoms with Crippen molar-refractivity contribution in [3.63, 3.8) is 0 Å². The number of unbranched alkanes of at least 4 members (excludes halogenated alkanes) is 20. The maximum absolute atomic E-state index is 6.42. The van der Waals surface area contributed by atoms with Gasteiger partial charge < -0.3 is 4.42 Å². The number of furan rings is 1. The van der Waals surface area contributed by atoms with E-state index in [1.54, 1.807) is 0 Å². The lowest BCUT2D eigenvalue weighted by molar-refractivity contribution is 0.605. The van der Waals surface area contributed by atoms with Gasteiger partial charge in [-0.2, -0.15) is 0 Å². The van der Waals surface area contributed by atoms with E-state index in [0.717, 1.165) is 76.8 Å². The number of aromatic nitrogens is 2. The Balaban J connectivity index is 1.15. The molecule has 0 N–H and O–H groups in total. The zero-order valence-corrected chi connectivity index (χ0v) is 53.0. The van der Waals surface area contributed by atoms with Gasteiger partial charge >= 0.3 is 0 Å². The summed E-state index contributed by atoms with van der Waals surface area (Å²) in [6.07, 6.45) is 34.9. The molecule has 0 bridgehead atoms. The third kappa shape index (κ3) is 15.4. The van der Waals surface area contributed by atoms with E-state index in [-0.39, 0.29) is 0 Å². The Hall–Kier alpha value is -6.36. The van der Waals surface area contributed by atoms with Gasteiger partial charge in [0, 0.05) is 47.6 Å². The highest BCUT2D eigenvalue weighted by molar-refractivity contribution is 7.25. The second-order valence-corrected chi connectivity index (χ2v) is 25.9. The molecule has 3 nitrogen and oxygen atoms in total. The first-order chi connectivity index (χ1) is 41.3. The van der Waals surface area contributed by atoms with Crippen molar-refractivity contribution >= 4 is 53.4 Å². The number of rotatable bonds is 33. The van der Waals surface area contributed by atoms with Crippen molar-refractivity contribution in [2.45, 2.75) is 221 Å². The molecule has 0 amide bonds. The second kappa shape index (κ2) is 30.6. The van der Waals surface area contributed by atoms with Crippen LogP contribution in [0.15, 0.2) is 138 Å². The van der Waals surface area contributed by atoms with E-state index in [2.05, 4.69) is 175 Å². The largest absolute Gasteiger partial charge is 0.456 e. The Bertz CT molecular complexity index is 3710. The molecule has 0 radical (unpaired) electrons. The Kier molecular flexibility index (Phi) is 22.2. The predicted molar refractivity (Wildman–Crippen MR) is 367 cm³/mol. The molecule has 0 spiro atoms. The van der Waals surface area contributed by atoms with Gasteiger partial charge in [0.05, 0.1) is 11.4 Å². The lowest BCUT2D eigenvalue weighted by Gasteiger charge is -2.20. The lowest BCUT2D eigenvalue weighted by Crippen LogP contribution is -2.03. The number of nitrogens with zero attached hydrogens (tertiary/aromatic N) is 2. The first-order valence-corrected chi connectivity index (χ1v) is 34.3. The molecular weight excluding hydrogens is 1040 g/mol. The van der Waals surface area contributed by atoms with Crippen LogP contribution >= 0.6 is 11.3 Å². The monoisotopic (exact) mass is 1130 g/mol. The van der Waals surface area contributed by atoms with Crippen LogP contribution in [0.25, 0.3) is 98.3 Å². The van der Waals surface area contributed by atoms with Gasteiger partial charge in [-0.15, -0.1) is 11.3 Å². The van der Waals surface area contributed by atoms with E-state index in [1.165, 1.54) is 235 Å². The Morgan fingerprint density at radius 2 is 0.786 bits per heavy atom. The van der Waals surface area contributed by atoms with E-state index in [1.807, 2.05) is 11.3 Å². The van der Waals surface area contributed by atoms with Crippen LogP contribution in [0, 0.1) is 13.8 Å². The number of hydrogen-bond donors (Lipinski definition) is 0. The fourth-order valence-electron chi connectivity index (χ4n) is 13.1. The summed E-state index contributed by atoms with van der Waals surface area (Å²) < 4.78 is 8.93. The molecule has 0 aliphatic heterocycles. The third-order valence-corrected chi connectivity index (χ3v) is 19.3. The molecule has 0 saturated heterocycles. The van der Waals surface area contributed by atoms with E-state index in [9.17, 15) is 0 Å². The van der Waals surface area contributed by atoms with Crippen LogP contribution in [-0.2, 0) is 25.7 Å². The van der Waals surface area contributed by atoms with Crippen molar-refractivity contribution in [1.82, 2.24) is 9.97 Å². The molecule has 0 saturated carbocycles. The van der Waals surface area contributed by atoms with E-state index < -0.39 is 0 Å². The summed E-state index contributed by atoms with van der Waals surface area (Å²) in [4.78, 5) is 11.6. The quantitative estimate of drug-likeness (QED) is 0.0385. The number of para-hydroxylation sites is 1. The number of thiophene rings is 1. The molecule has 7 aromatic carbocycles. The number of hydrogen-bond acceptors (Lipinski definition) is 4. The summed E-state index contributed by atoms with van der Waals surface area (Å²) in [5, 5.41) is 4.83. The molecular formula is C80H96N2OS. The fourth-order valence-corrected chi connectivity index (χ4v) is 14.2. The molecule has 10 rings (SSSR count). The summed E-state index contributed by atoms with van der Waals surface area (Å²) in [7, 11) is 0. The maximum Gasteiger partial charge on any atom is 0.160 e. The molecule has 4 heteroatoms. The van der Waals surface area contributed by atoms with Gasteiger partial charge in [-0.3, -0.25) is 0 Å². The topological polar surface area (TPSA) is 38.9 Å². The number of benzene rings is 7. The molecule has 0 unspecified atom stereocenters. The SMILES string of the molecule is CCCCCCCCc1cc(-c2cc(-c3cc(CCCCCCCC)c(-c4ccc(-c5ccc(C)cc5)cc4)cc3CCCCCCCC)nc(-c3ccc4sc5cc6oc7ccccc7c6cc5c4c3)n2)c(CCCCCCCC)cc1C. The smallest absolute Gasteiger partial charge is 0.160 e. The normalized spacial score (nSPS) is 11.8. The van der Waals surface area contributed by atoms with E-state index in [0.29, 0.717) is 0 Å². The molecule has 438 valence electrons. The molecule has 3 heterocycles. The van der Waals surface area contributed by atoms with Crippen molar-refractivity contribution in [3.05, 3.63) is 167 Å². The van der Waals surface area contributed by atoms with Crippen LogP contribution in [0.1, 0.15) is 215 Å². The Labute approximate surface area is 509 Å². The van der Waals surface area contributed by atoms with Crippen LogP contribution in [0.3, 0.4) is 0 Å². The first kappa shape index (κ1) is 60.8. The van der Waals surface area contributed by atoms with E-state index >= 15 is 0 Å². The molecule has 0 aliphatic carbocycles. The van der Waals surface area contributed by atoms with Crippen molar-refractivity contribution in [3.8, 4) is 56.2 Å². The zero-order chi connectivity index (χ0) is 58.0. The zero-order valence-electron chi connectivity index (χ0n) is 52.2. The summed E-state index contributed by atoms with van der Waals surface area (Å²) in [6.45, 7) is 13.8. The fraction of sp³-hybridized carbons (Fsp3) is 0.425. The lowest BCUT2D eigenvalue weighted by atomic mass is 9.87. The number of fused-ring (bicyclic) bond motifs is 6. The summed E-state index contributed by atoms with van der Waals surface area (Å²) in [5.41, 5.74) is 21.3. The minimum absolute atomic E-state index is 0.806. The average Bonchev–Trinajstić information content (AvgIpc) is 1.99. The van der Waals surface area contributed by atoms with Gasteiger partial charge in [-0.25, -0.2) is 9.97 Å². The highest BCUT2D eigenvalue weighted by Crippen LogP contribution is 2.43. The summed E-state index contributed by atoms with van der Waals surface area (Å²) in [5.74, 6) is 0.806. The van der Waals surface area contributed by atoms with Crippen molar-refractivity contribution in [1.29, 1.82) is 0 Å². The minimum atomic E-state index is 0.806. The van der Waals surface area contributed by atoms with Gasteiger partial charge in [0.2, 0.25) is 0 Å². The minimum Gasteiger partial charge on any atom is -0.456 e. The van der Waals surface area contributed by atoms with Crippen molar-refractivity contribution in [2.75, 3.05) is 0 Å². The van der Waals surface area contributed by atoms with Crippen molar-refractivity contribution in [2.24, 2.45) is 0 Å². The van der Waals surface area contributed by atoms with Crippen LogP contribution in [-0.4, -0.2) is 9.97 Å². The second-order valence-electron chi connectivity index (χ2n) is 24.8. The Morgan fingerprint density at radius 3 is 1.37 bits per heavy atom. The van der Waals surface area contributed by atoms with Gasteiger partial charge in [0.25, 0.3) is 0 Å². The third-order valence-electron chi connectivity index (χ3n) is 18.2. The van der Waals surface area contributed by atoms with Gasteiger partial charge in [-0.05, 0) is 170 Å². The molecule has 0 atom stereocenters. The average molecular weight is 1130 g/mol. The highest BCUT2D eigenvalue weighted by atomic mass is 32.1. The highest BCUT2D eigenvalue weighted by Gasteiger charge is 2.21. The first-order valence-electron chi connectivity index (χ1n) is 33.5. The van der Waals surface area contributed by atoms with Crippen LogP contribution < -0.4 is 0 Å². The summed E-state index contributed by atoms with van der Waals surface area (Å²) >= 11 is 1.85. The van der Waals surface area contributed by atoms with E-state index in [4.69, 9.17) is 14.4 Å². The van der Waals surface area contributed by atoms with Crippen LogP contribution in [0.4, 0.5) is 0 Å². The Morgan fingerprint density at radius 1 is 0.333 bits per heavy atom. The van der Waals surface area contributed by atoms with Gasteiger partial charge in [-0.1, -0.05) is 241 Å². The molecule has 3 aromatic heterocycles. The standard InChI is InChI=1S/C80H96N2OS/c1-7-11-15-19-23-27-33-62-50-69(63(49-58(62)6)34-28-24-20-16-12-8-2)74-55-75(82-80(81-74)66-47-48-78-72(53-66)73-54-71-67-37-31-32-38-76(67)83-77(71)56-79(73)84-78)70-52-64(35-29-25-21-17-13-9-3)68(51-65(70)36-30-26-22-18-14-10-4)61-45-43-60(44-46-61)59-41-39-57(5)40-42-59/h31-32,37-56H,7-30,33-36H2,1-6H3. The predicted octanol–water partition coefficient (Wildman–Crippen LogP) is 25.3. The van der Waals surface area contributed by atoms with Crippen molar-refractivity contribution < 1.29 is 4.42 Å².